The highest BCUT2D eigenvalue weighted by molar-refractivity contribution is 9.10. The van der Waals surface area contributed by atoms with Gasteiger partial charge in [0.2, 0.25) is 0 Å². The van der Waals surface area contributed by atoms with Crippen molar-refractivity contribution in [1.82, 2.24) is 5.32 Å². The van der Waals surface area contributed by atoms with E-state index in [0.717, 1.165) is 12.5 Å². The molecule has 1 aliphatic carbocycles. The molecule has 0 amide bonds. The van der Waals surface area contributed by atoms with Crippen molar-refractivity contribution in [2.75, 3.05) is 13.2 Å². The molecule has 0 bridgehead atoms. The second-order valence-electron chi connectivity index (χ2n) is 5.47. The van der Waals surface area contributed by atoms with Gasteiger partial charge < -0.3 is 10.1 Å². The van der Waals surface area contributed by atoms with Crippen molar-refractivity contribution in [1.29, 1.82) is 0 Å². The molecule has 0 radical (unpaired) electrons. The lowest BCUT2D eigenvalue weighted by molar-refractivity contribution is 0.265. The Bertz CT molecular complexity index is 458. The molecule has 0 aromatic heterocycles. The van der Waals surface area contributed by atoms with E-state index in [1.165, 1.54) is 37.8 Å². The zero-order valence-corrected chi connectivity index (χ0v) is 13.9. The minimum Gasteiger partial charge on any atom is -0.491 e. The van der Waals surface area contributed by atoms with Gasteiger partial charge in [-0.1, -0.05) is 31.4 Å². The first-order valence-corrected chi connectivity index (χ1v) is 8.24. The quantitative estimate of drug-likeness (QED) is 0.599. The number of benzene rings is 1. The van der Waals surface area contributed by atoms with Crippen molar-refractivity contribution in [3.05, 3.63) is 27.4 Å². The van der Waals surface area contributed by atoms with Crippen molar-refractivity contribution in [3.63, 3.8) is 0 Å². The average molecular weight is 365 g/mol. The van der Waals surface area contributed by atoms with Crippen LogP contribution in [0.3, 0.4) is 0 Å². The lowest BCUT2D eigenvalue weighted by Crippen LogP contribution is -2.36. The third-order valence-electron chi connectivity index (χ3n) is 3.70. The first-order valence-electron chi connectivity index (χ1n) is 7.07. The molecule has 2 rings (SSSR count). The Morgan fingerprint density at radius 3 is 3.00 bits per heavy atom. The van der Waals surface area contributed by atoms with Crippen LogP contribution in [-0.2, 0) is 0 Å². The maximum Gasteiger partial charge on any atom is 0.145 e. The van der Waals surface area contributed by atoms with Crippen LogP contribution in [0.15, 0.2) is 16.6 Å². The van der Waals surface area contributed by atoms with Gasteiger partial charge in [0.1, 0.15) is 18.2 Å². The number of ether oxygens (including phenoxy) is 1. The van der Waals surface area contributed by atoms with Crippen LogP contribution in [0.2, 0.25) is 5.02 Å². The normalized spacial score (nSPS) is 22.8. The van der Waals surface area contributed by atoms with Crippen molar-refractivity contribution in [2.24, 2.45) is 5.92 Å². The maximum absolute atomic E-state index is 13.4. The van der Waals surface area contributed by atoms with Gasteiger partial charge in [-0.05, 0) is 40.8 Å². The fourth-order valence-electron chi connectivity index (χ4n) is 2.66. The molecule has 20 heavy (non-hydrogen) atoms. The van der Waals surface area contributed by atoms with E-state index in [1.807, 2.05) is 0 Å². The van der Waals surface area contributed by atoms with Crippen molar-refractivity contribution in [2.45, 2.75) is 38.6 Å². The molecular formula is C15H20BrClFNO. The van der Waals surface area contributed by atoms with Crippen LogP contribution >= 0.6 is 27.5 Å². The Hall–Kier alpha value is -0.320. The summed E-state index contributed by atoms with van der Waals surface area (Å²) in [4.78, 5) is 0. The molecule has 1 N–H and O–H groups in total. The zero-order chi connectivity index (χ0) is 14.5. The van der Waals surface area contributed by atoms with Crippen LogP contribution in [0.4, 0.5) is 4.39 Å². The standard InChI is InChI=1S/C15H20BrClFNO/c1-10-3-2-4-11(7-10)19-5-6-20-15-9-14(18)13(17)8-12(15)16/h8-11,19H,2-7H2,1H3. The number of hydrogen-bond donors (Lipinski definition) is 1. The fourth-order valence-corrected chi connectivity index (χ4v) is 3.41. The van der Waals surface area contributed by atoms with Crippen LogP contribution in [0.25, 0.3) is 0 Å². The molecule has 0 spiro atoms. The molecule has 2 nitrogen and oxygen atoms in total. The molecule has 0 saturated heterocycles. The maximum atomic E-state index is 13.4. The molecular weight excluding hydrogens is 345 g/mol. The van der Waals surface area contributed by atoms with E-state index < -0.39 is 5.82 Å². The monoisotopic (exact) mass is 363 g/mol. The lowest BCUT2D eigenvalue weighted by atomic mass is 9.87. The van der Waals surface area contributed by atoms with E-state index in [9.17, 15) is 4.39 Å². The van der Waals surface area contributed by atoms with Crippen LogP contribution in [0.1, 0.15) is 32.6 Å². The third-order valence-corrected chi connectivity index (χ3v) is 4.61. The van der Waals surface area contributed by atoms with Crippen LogP contribution < -0.4 is 10.1 Å². The molecule has 5 heteroatoms. The van der Waals surface area contributed by atoms with Gasteiger partial charge in [0.05, 0.1) is 9.50 Å². The Labute approximate surface area is 133 Å². The summed E-state index contributed by atoms with van der Waals surface area (Å²) in [5.74, 6) is 0.839. The van der Waals surface area contributed by atoms with Crippen LogP contribution in [-0.4, -0.2) is 19.2 Å². The summed E-state index contributed by atoms with van der Waals surface area (Å²) in [7, 11) is 0. The molecule has 1 fully saturated rings. The number of halogens is 3. The topological polar surface area (TPSA) is 21.3 Å². The Kier molecular flexibility index (Phi) is 6.12. The van der Waals surface area contributed by atoms with Crippen LogP contribution in [0.5, 0.6) is 5.75 Å². The minimum atomic E-state index is -0.459. The summed E-state index contributed by atoms with van der Waals surface area (Å²) in [5, 5.41) is 3.60. The Balaban J connectivity index is 1.74. The van der Waals surface area contributed by atoms with Gasteiger partial charge in [-0.3, -0.25) is 0 Å². The van der Waals surface area contributed by atoms with Crippen molar-refractivity contribution >= 4 is 27.5 Å². The highest BCUT2D eigenvalue weighted by Gasteiger charge is 2.17. The van der Waals surface area contributed by atoms with E-state index in [-0.39, 0.29) is 5.02 Å². The van der Waals surface area contributed by atoms with E-state index in [0.29, 0.717) is 22.9 Å². The molecule has 2 atom stereocenters. The highest BCUT2D eigenvalue weighted by Crippen LogP contribution is 2.30. The van der Waals surface area contributed by atoms with Crippen molar-refractivity contribution < 1.29 is 9.13 Å². The zero-order valence-electron chi connectivity index (χ0n) is 11.6. The van der Waals surface area contributed by atoms with Gasteiger partial charge in [0, 0.05) is 18.7 Å². The first-order chi connectivity index (χ1) is 9.56. The van der Waals surface area contributed by atoms with E-state index in [1.54, 1.807) is 0 Å². The summed E-state index contributed by atoms with van der Waals surface area (Å²) < 4.78 is 19.6. The summed E-state index contributed by atoms with van der Waals surface area (Å²) in [6.45, 7) is 3.59. The summed E-state index contributed by atoms with van der Waals surface area (Å²) in [5.41, 5.74) is 0. The average Bonchev–Trinajstić information content (AvgIpc) is 2.40. The molecule has 112 valence electrons. The number of hydrogen-bond acceptors (Lipinski definition) is 2. The van der Waals surface area contributed by atoms with E-state index in [4.69, 9.17) is 16.3 Å². The molecule has 1 aromatic carbocycles. The molecule has 0 aliphatic heterocycles. The van der Waals surface area contributed by atoms with E-state index in [2.05, 4.69) is 28.2 Å². The SMILES string of the molecule is CC1CCCC(NCCOc2cc(F)c(Cl)cc2Br)C1. The number of rotatable bonds is 5. The van der Waals surface area contributed by atoms with Crippen molar-refractivity contribution in [3.8, 4) is 5.75 Å². The van der Waals surface area contributed by atoms with Gasteiger partial charge in [-0.15, -0.1) is 0 Å². The van der Waals surface area contributed by atoms with Crippen LogP contribution in [0, 0.1) is 11.7 Å². The molecule has 1 aromatic rings. The first kappa shape index (κ1) is 16.1. The fraction of sp³-hybridized carbons (Fsp3) is 0.600. The van der Waals surface area contributed by atoms with Gasteiger partial charge >= 0.3 is 0 Å². The second-order valence-corrected chi connectivity index (χ2v) is 6.73. The summed E-state index contributed by atoms with van der Waals surface area (Å²) >= 11 is 9.01. The van der Waals surface area contributed by atoms with Gasteiger partial charge in [0.25, 0.3) is 0 Å². The van der Waals surface area contributed by atoms with E-state index >= 15 is 0 Å². The summed E-state index contributed by atoms with van der Waals surface area (Å²) in [6, 6.07) is 3.42. The largest absolute Gasteiger partial charge is 0.491 e. The molecule has 1 saturated carbocycles. The predicted molar refractivity (Wildman–Crippen MR) is 84.0 cm³/mol. The molecule has 1 aliphatic rings. The Morgan fingerprint density at radius 2 is 2.25 bits per heavy atom. The number of nitrogens with one attached hydrogen (secondary N) is 1. The lowest BCUT2D eigenvalue weighted by Gasteiger charge is -2.27. The summed E-state index contributed by atoms with van der Waals surface area (Å²) in [6.07, 6.45) is 5.11. The molecule has 2 unspecified atom stereocenters. The third kappa shape index (κ3) is 4.61. The predicted octanol–water partition coefficient (Wildman–Crippen LogP) is 4.79. The van der Waals surface area contributed by atoms with Gasteiger partial charge in [0.15, 0.2) is 0 Å². The highest BCUT2D eigenvalue weighted by atomic mass is 79.9. The Morgan fingerprint density at radius 1 is 1.45 bits per heavy atom. The van der Waals surface area contributed by atoms with Gasteiger partial charge in [-0.2, -0.15) is 0 Å². The molecule has 0 heterocycles. The van der Waals surface area contributed by atoms with Gasteiger partial charge in [-0.25, -0.2) is 4.39 Å². The minimum absolute atomic E-state index is 0.0959. The second kappa shape index (κ2) is 7.62. The smallest absolute Gasteiger partial charge is 0.145 e.